The molecule has 1 fully saturated rings. The van der Waals surface area contributed by atoms with Crippen LogP contribution in [0.1, 0.15) is 27.9 Å². The van der Waals surface area contributed by atoms with Gasteiger partial charge in [-0.15, -0.1) is 0 Å². The van der Waals surface area contributed by atoms with Crippen LogP contribution in [0.3, 0.4) is 0 Å². The number of hydrogen-bond donors (Lipinski definition) is 4. The van der Waals surface area contributed by atoms with Crippen molar-refractivity contribution in [2.24, 2.45) is 5.92 Å². The third kappa shape index (κ3) is 3.79. The van der Waals surface area contributed by atoms with E-state index in [1.807, 2.05) is 12.1 Å². The Labute approximate surface area is 223 Å². The van der Waals surface area contributed by atoms with E-state index in [4.69, 9.17) is 9.84 Å². The molecular weight excluding hydrogens is 508 g/mol. The lowest BCUT2D eigenvalue weighted by molar-refractivity contribution is -0.0453. The Kier molecular flexibility index (Phi) is 5.89. The SMILES string of the molecule is CN1CC[C@]23c4c5ccc(O)c4O[C@H]2[C@@H](O)C=C[C@H]3[C@H]1C5.O=C(O)c1cc(-c2ccc(F)cc2F)ccc1O. The van der Waals surface area contributed by atoms with Gasteiger partial charge in [-0.05, 0) is 67.9 Å². The minimum Gasteiger partial charge on any atom is -0.507 e. The number of aliphatic hydroxyl groups excluding tert-OH is 1. The predicted octanol–water partition coefficient (Wildman–Crippen LogP) is 4.23. The summed E-state index contributed by atoms with van der Waals surface area (Å²) in [6.45, 7) is 1.01. The van der Waals surface area contributed by atoms with Crippen LogP contribution in [-0.4, -0.2) is 63.1 Å². The molecule has 2 heterocycles. The van der Waals surface area contributed by atoms with Crippen molar-refractivity contribution in [3.63, 3.8) is 0 Å². The highest BCUT2D eigenvalue weighted by atomic mass is 19.1. The van der Waals surface area contributed by atoms with Gasteiger partial charge in [0, 0.05) is 34.6 Å². The molecule has 4 aliphatic rings. The molecule has 202 valence electrons. The van der Waals surface area contributed by atoms with E-state index in [9.17, 15) is 28.9 Å². The standard InChI is InChI=1S/C17H19NO3.C13H8F2O3/c1-18-7-6-17-10-3-5-13(20)16(17)21-15-12(19)4-2-9(14(15)17)8-11(10)18;14-8-2-3-9(11(15)6-8)7-1-4-12(16)10(5-7)13(17)18/h2-5,10-11,13,16,19-20H,6-8H2,1H3;1-6,16H,(H,17,18)/t10-,11+,13-,16-,17-;/m0./s1. The summed E-state index contributed by atoms with van der Waals surface area (Å²) < 4.78 is 32.4. The summed E-state index contributed by atoms with van der Waals surface area (Å²) in [5.74, 6) is -2.05. The number of carboxylic acids is 1. The van der Waals surface area contributed by atoms with Gasteiger partial charge in [0.15, 0.2) is 11.5 Å². The Morgan fingerprint density at radius 3 is 2.56 bits per heavy atom. The van der Waals surface area contributed by atoms with Gasteiger partial charge in [-0.3, -0.25) is 0 Å². The Morgan fingerprint density at radius 2 is 1.82 bits per heavy atom. The number of nitrogens with zero attached hydrogens (tertiary/aromatic N) is 1. The Morgan fingerprint density at radius 1 is 1.05 bits per heavy atom. The van der Waals surface area contributed by atoms with Crippen molar-refractivity contribution in [2.75, 3.05) is 13.6 Å². The van der Waals surface area contributed by atoms with Crippen LogP contribution < -0.4 is 4.74 Å². The lowest BCUT2D eigenvalue weighted by atomic mass is 9.53. The number of benzene rings is 3. The number of carbonyl (C=O) groups is 1. The van der Waals surface area contributed by atoms with E-state index in [0.717, 1.165) is 37.6 Å². The molecule has 9 heteroatoms. The first-order chi connectivity index (χ1) is 18.6. The van der Waals surface area contributed by atoms with E-state index in [2.05, 4.69) is 18.0 Å². The molecular formula is C30H27F2NO6. The number of likely N-dealkylation sites (N-methyl/N-ethyl adjacent to an activating group) is 1. The average Bonchev–Trinajstić information content (AvgIpc) is 3.26. The van der Waals surface area contributed by atoms with E-state index in [0.29, 0.717) is 23.8 Å². The van der Waals surface area contributed by atoms with Crippen LogP contribution in [0, 0.1) is 17.6 Å². The smallest absolute Gasteiger partial charge is 0.339 e. The number of phenols is 2. The van der Waals surface area contributed by atoms with E-state index < -0.39 is 29.5 Å². The fourth-order valence-corrected chi connectivity index (χ4v) is 6.84. The molecule has 0 radical (unpaired) electrons. The fraction of sp³-hybridized carbons (Fsp3) is 0.300. The number of halogens is 2. The molecule has 4 N–H and O–H groups in total. The number of piperidine rings is 1. The lowest BCUT2D eigenvalue weighted by Crippen LogP contribution is -2.64. The molecule has 7 rings (SSSR count). The molecule has 2 aliphatic carbocycles. The normalized spacial score (nSPS) is 27.7. The number of likely N-dealkylation sites (tertiary alicyclic amines) is 1. The third-order valence-electron chi connectivity index (χ3n) is 8.62. The highest BCUT2D eigenvalue weighted by Gasteiger charge is 2.64. The van der Waals surface area contributed by atoms with Crippen LogP contribution in [-0.2, 0) is 11.8 Å². The summed E-state index contributed by atoms with van der Waals surface area (Å²) >= 11 is 0. The first kappa shape index (κ1) is 25.3. The summed E-state index contributed by atoms with van der Waals surface area (Å²) in [7, 11) is 2.19. The highest BCUT2D eigenvalue weighted by Crippen LogP contribution is 2.62. The summed E-state index contributed by atoms with van der Waals surface area (Å²) in [6.07, 6.45) is 5.18. The molecule has 1 spiro atoms. The maximum atomic E-state index is 13.5. The van der Waals surface area contributed by atoms with Gasteiger partial charge in [-0.1, -0.05) is 24.3 Å². The Balaban J connectivity index is 0.000000144. The molecule has 0 aromatic heterocycles. The van der Waals surface area contributed by atoms with E-state index >= 15 is 0 Å². The van der Waals surface area contributed by atoms with Crippen molar-refractivity contribution >= 4 is 5.97 Å². The van der Waals surface area contributed by atoms with Crippen molar-refractivity contribution in [1.82, 2.24) is 4.90 Å². The number of hydrogen-bond acceptors (Lipinski definition) is 6. The minimum atomic E-state index is -1.32. The zero-order chi connectivity index (χ0) is 27.6. The molecule has 2 aliphatic heterocycles. The van der Waals surface area contributed by atoms with Gasteiger partial charge in [-0.25, -0.2) is 13.6 Å². The minimum absolute atomic E-state index is 0.0684. The number of aromatic carboxylic acids is 1. The zero-order valence-corrected chi connectivity index (χ0v) is 21.0. The quantitative estimate of drug-likeness (QED) is 0.364. The second-order valence-corrected chi connectivity index (χ2v) is 10.6. The molecule has 3 aromatic carbocycles. The number of carboxylic acid groups (broad SMARTS) is 1. The molecule has 0 saturated carbocycles. The lowest BCUT2D eigenvalue weighted by Gasteiger charge is -2.56. The van der Waals surface area contributed by atoms with Crippen molar-refractivity contribution in [2.45, 2.75) is 36.5 Å². The molecule has 0 unspecified atom stereocenters. The molecule has 7 nitrogen and oxygen atoms in total. The van der Waals surface area contributed by atoms with Gasteiger partial charge in [0.25, 0.3) is 0 Å². The van der Waals surface area contributed by atoms with Crippen molar-refractivity contribution in [3.05, 3.63) is 89.0 Å². The molecule has 5 atom stereocenters. The largest absolute Gasteiger partial charge is 0.507 e. The van der Waals surface area contributed by atoms with Crippen LogP contribution >= 0.6 is 0 Å². The first-order valence-corrected chi connectivity index (χ1v) is 12.7. The van der Waals surface area contributed by atoms with Crippen LogP contribution in [0.25, 0.3) is 11.1 Å². The molecule has 0 amide bonds. The monoisotopic (exact) mass is 535 g/mol. The number of ether oxygens (including phenoxy) is 1. The summed E-state index contributed by atoms with van der Waals surface area (Å²) in [5.41, 5.74) is 2.27. The second kappa shape index (κ2) is 9.07. The zero-order valence-electron chi connectivity index (χ0n) is 21.0. The maximum absolute atomic E-state index is 13.5. The number of rotatable bonds is 2. The van der Waals surface area contributed by atoms with E-state index in [-0.39, 0.29) is 34.0 Å². The number of phenolic OH excluding ortho intramolecular Hbond substituents is 1. The first-order valence-electron chi connectivity index (χ1n) is 12.7. The van der Waals surface area contributed by atoms with Gasteiger partial charge < -0.3 is 30.1 Å². The highest BCUT2D eigenvalue weighted by molar-refractivity contribution is 5.92. The number of aliphatic hydroxyl groups is 1. The molecule has 2 bridgehead atoms. The van der Waals surface area contributed by atoms with Crippen molar-refractivity contribution in [1.29, 1.82) is 0 Å². The van der Waals surface area contributed by atoms with Gasteiger partial charge in [0.05, 0.1) is 0 Å². The predicted molar refractivity (Wildman–Crippen MR) is 138 cm³/mol. The van der Waals surface area contributed by atoms with Crippen LogP contribution in [0.5, 0.6) is 17.2 Å². The van der Waals surface area contributed by atoms with Crippen molar-refractivity contribution in [3.8, 4) is 28.4 Å². The van der Waals surface area contributed by atoms with Crippen LogP contribution in [0.4, 0.5) is 8.78 Å². The molecule has 39 heavy (non-hydrogen) atoms. The summed E-state index contributed by atoms with van der Waals surface area (Å²) in [6, 6.07) is 10.9. The fourth-order valence-electron chi connectivity index (χ4n) is 6.84. The summed E-state index contributed by atoms with van der Waals surface area (Å²) in [4.78, 5) is 13.3. The Bertz CT molecular complexity index is 1520. The second-order valence-electron chi connectivity index (χ2n) is 10.6. The molecule has 3 aromatic rings. The topological polar surface area (TPSA) is 110 Å². The Hall–Kier alpha value is -3.95. The van der Waals surface area contributed by atoms with Crippen molar-refractivity contribution < 1.29 is 38.7 Å². The average molecular weight is 536 g/mol. The van der Waals surface area contributed by atoms with Gasteiger partial charge >= 0.3 is 5.97 Å². The molecule has 1 saturated heterocycles. The van der Waals surface area contributed by atoms with Gasteiger partial charge in [-0.2, -0.15) is 0 Å². The summed E-state index contributed by atoms with van der Waals surface area (Å²) in [5, 5.41) is 38.8. The van der Waals surface area contributed by atoms with E-state index in [1.165, 1.54) is 23.3 Å². The number of aromatic hydroxyl groups is 2. The van der Waals surface area contributed by atoms with E-state index in [1.54, 1.807) is 6.07 Å². The van der Waals surface area contributed by atoms with Crippen LogP contribution in [0.2, 0.25) is 0 Å². The van der Waals surface area contributed by atoms with Gasteiger partial charge in [0.1, 0.15) is 35.2 Å². The van der Waals surface area contributed by atoms with Gasteiger partial charge in [0.2, 0.25) is 0 Å². The maximum Gasteiger partial charge on any atom is 0.339 e. The third-order valence-corrected chi connectivity index (χ3v) is 8.62. The van der Waals surface area contributed by atoms with Crippen LogP contribution in [0.15, 0.2) is 60.7 Å².